The Hall–Kier alpha value is -2.76. The molecule has 11 heteroatoms. The molecule has 40 heavy (non-hydrogen) atoms. The van der Waals surface area contributed by atoms with Gasteiger partial charge in [-0.3, -0.25) is 0 Å². The zero-order valence-electron chi connectivity index (χ0n) is 23.5. The SMILES string of the molecule is CSC[C@H]1CN(c2ccc(C(C)C)c3cc(Nc4ccnc(N5CCC(OCCO)C(F)(F)C5)n4)ncc23)[C@@H]1C. The number of benzene rings is 1. The number of pyridine rings is 1. The number of hydrogen-bond donors (Lipinski definition) is 2. The van der Waals surface area contributed by atoms with E-state index in [1.807, 2.05) is 18.0 Å². The van der Waals surface area contributed by atoms with Gasteiger partial charge in [-0.2, -0.15) is 16.7 Å². The number of aliphatic hydroxyl groups is 1. The highest BCUT2D eigenvalue weighted by Gasteiger charge is 2.46. The Kier molecular flexibility index (Phi) is 8.63. The zero-order valence-corrected chi connectivity index (χ0v) is 24.3. The molecule has 1 aromatic carbocycles. The van der Waals surface area contributed by atoms with Crippen LogP contribution in [-0.2, 0) is 4.74 Å². The van der Waals surface area contributed by atoms with Gasteiger partial charge >= 0.3 is 0 Å². The zero-order chi connectivity index (χ0) is 28.4. The van der Waals surface area contributed by atoms with Gasteiger partial charge < -0.3 is 25.0 Å². The summed E-state index contributed by atoms with van der Waals surface area (Å²) < 4.78 is 34.6. The summed E-state index contributed by atoms with van der Waals surface area (Å²) in [5.41, 5.74) is 2.45. The maximum Gasteiger partial charge on any atom is 0.290 e. The third-order valence-electron chi connectivity index (χ3n) is 7.96. The van der Waals surface area contributed by atoms with Crippen LogP contribution in [0.3, 0.4) is 0 Å². The Balaban J connectivity index is 1.37. The fourth-order valence-electron chi connectivity index (χ4n) is 5.67. The largest absolute Gasteiger partial charge is 0.394 e. The van der Waals surface area contributed by atoms with Crippen molar-refractivity contribution in [1.82, 2.24) is 15.0 Å². The molecule has 0 aliphatic carbocycles. The first kappa shape index (κ1) is 28.8. The third-order valence-corrected chi connectivity index (χ3v) is 8.72. The van der Waals surface area contributed by atoms with E-state index in [1.54, 1.807) is 12.3 Å². The van der Waals surface area contributed by atoms with Crippen molar-refractivity contribution in [3.8, 4) is 0 Å². The van der Waals surface area contributed by atoms with Crippen molar-refractivity contribution in [2.45, 2.75) is 51.2 Å². The van der Waals surface area contributed by atoms with Crippen LogP contribution in [0, 0.1) is 5.92 Å². The summed E-state index contributed by atoms with van der Waals surface area (Å²) in [6, 6.07) is 8.69. The van der Waals surface area contributed by atoms with Crippen LogP contribution >= 0.6 is 11.8 Å². The molecule has 5 rings (SSSR count). The van der Waals surface area contributed by atoms with E-state index in [4.69, 9.17) is 14.8 Å². The highest BCUT2D eigenvalue weighted by atomic mass is 32.2. The molecule has 0 saturated carbocycles. The van der Waals surface area contributed by atoms with E-state index in [2.05, 4.69) is 65.4 Å². The molecule has 2 aliphatic heterocycles. The van der Waals surface area contributed by atoms with Gasteiger partial charge in [0.05, 0.1) is 19.8 Å². The molecular formula is C29H38F2N6O2S. The van der Waals surface area contributed by atoms with Crippen LogP contribution in [0.25, 0.3) is 10.8 Å². The van der Waals surface area contributed by atoms with E-state index >= 15 is 0 Å². The average molecular weight is 573 g/mol. The van der Waals surface area contributed by atoms with E-state index in [0.717, 1.165) is 17.3 Å². The average Bonchev–Trinajstić information content (AvgIpc) is 2.93. The van der Waals surface area contributed by atoms with Crippen molar-refractivity contribution >= 4 is 45.8 Å². The normalized spacial score (nSPS) is 22.6. The smallest absolute Gasteiger partial charge is 0.290 e. The number of rotatable bonds is 10. The molecule has 0 radical (unpaired) electrons. The standard InChI is InChI=1S/C29H38F2N6O2S/c1-18(2)21-5-6-24(37-15-20(16-40-4)19(37)3)23-14-33-27(13-22(21)23)34-26-7-9-32-28(35-26)36-10-8-25(39-12-11-38)29(30,31)17-36/h5-7,9,13-14,18-20,25,38H,8,10-12,15-17H2,1-4H3,(H,32,33,34,35)/t19-,20-,25?/m1/s1. The van der Waals surface area contributed by atoms with Crippen molar-refractivity contribution in [1.29, 1.82) is 0 Å². The van der Waals surface area contributed by atoms with Gasteiger partial charge in [0, 0.05) is 48.5 Å². The molecule has 2 saturated heterocycles. The number of halogens is 2. The lowest BCUT2D eigenvalue weighted by Gasteiger charge is -2.48. The van der Waals surface area contributed by atoms with E-state index in [0.29, 0.717) is 36.1 Å². The maximum absolute atomic E-state index is 14.7. The van der Waals surface area contributed by atoms with Crippen molar-refractivity contribution in [3.63, 3.8) is 0 Å². The van der Waals surface area contributed by atoms with Crippen LogP contribution in [0.15, 0.2) is 36.7 Å². The van der Waals surface area contributed by atoms with Crippen molar-refractivity contribution in [3.05, 3.63) is 42.2 Å². The fraction of sp³-hybridized carbons (Fsp3) is 0.552. The number of fused-ring (bicyclic) bond motifs is 1. The van der Waals surface area contributed by atoms with Crippen molar-refractivity contribution < 1.29 is 18.6 Å². The number of alkyl halides is 2. The van der Waals surface area contributed by atoms with Crippen LogP contribution in [-0.4, -0.2) is 83.0 Å². The molecule has 2 aliphatic rings. The molecule has 2 N–H and O–H groups in total. The maximum atomic E-state index is 14.7. The second-order valence-electron chi connectivity index (χ2n) is 11.0. The first-order valence-electron chi connectivity index (χ1n) is 13.9. The monoisotopic (exact) mass is 572 g/mol. The minimum atomic E-state index is -3.07. The van der Waals surface area contributed by atoms with E-state index in [-0.39, 0.29) is 25.6 Å². The number of nitrogens with one attached hydrogen (secondary N) is 1. The lowest BCUT2D eigenvalue weighted by molar-refractivity contribution is -0.146. The second kappa shape index (κ2) is 12.0. The number of aromatic nitrogens is 3. The number of nitrogens with zero attached hydrogens (tertiary/aromatic N) is 5. The van der Waals surface area contributed by atoms with Crippen LogP contribution in [0.5, 0.6) is 0 Å². The quantitative estimate of drug-likeness (QED) is 0.336. The summed E-state index contributed by atoms with van der Waals surface area (Å²) in [7, 11) is 0. The lowest BCUT2D eigenvalue weighted by Crippen LogP contribution is -2.55. The number of hydrogen-bond acceptors (Lipinski definition) is 9. The number of anilines is 4. The summed E-state index contributed by atoms with van der Waals surface area (Å²) in [6.07, 6.45) is 4.54. The van der Waals surface area contributed by atoms with Gasteiger partial charge in [0.1, 0.15) is 17.7 Å². The predicted molar refractivity (Wildman–Crippen MR) is 158 cm³/mol. The van der Waals surface area contributed by atoms with Crippen LogP contribution in [0.1, 0.15) is 38.7 Å². The van der Waals surface area contributed by atoms with E-state index in [1.165, 1.54) is 21.9 Å². The Morgan fingerprint density at radius 2 is 2.02 bits per heavy atom. The highest BCUT2D eigenvalue weighted by molar-refractivity contribution is 7.98. The van der Waals surface area contributed by atoms with Crippen LogP contribution in [0.4, 0.5) is 32.1 Å². The summed E-state index contributed by atoms with van der Waals surface area (Å²) in [6.45, 7) is 7.11. The predicted octanol–water partition coefficient (Wildman–Crippen LogP) is 5.30. The Morgan fingerprint density at radius 1 is 1.20 bits per heavy atom. The Morgan fingerprint density at radius 3 is 2.73 bits per heavy atom. The van der Waals surface area contributed by atoms with Gasteiger partial charge in [-0.1, -0.05) is 19.9 Å². The molecule has 1 unspecified atom stereocenters. The molecule has 8 nitrogen and oxygen atoms in total. The fourth-order valence-corrected chi connectivity index (χ4v) is 6.48. The van der Waals surface area contributed by atoms with Gasteiger partial charge in [-0.25, -0.2) is 18.7 Å². The van der Waals surface area contributed by atoms with Crippen LogP contribution in [0.2, 0.25) is 0 Å². The first-order chi connectivity index (χ1) is 19.2. The Labute approximate surface area is 238 Å². The molecule has 2 fully saturated rings. The molecule has 0 bridgehead atoms. The minimum Gasteiger partial charge on any atom is -0.394 e. The minimum absolute atomic E-state index is 0.107. The summed E-state index contributed by atoms with van der Waals surface area (Å²) in [5, 5.41) is 14.5. The topological polar surface area (TPSA) is 86.6 Å². The van der Waals surface area contributed by atoms with Gasteiger partial charge in [-0.15, -0.1) is 0 Å². The summed E-state index contributed by atoms with van der Waals surface area (Å²) in [5.74, 6) is 0.458. The van der Waals surface area contributed by atoms with Crippen LogP contribution < -0.4 is 15.1 Å². The second-order valence-corrected chi connectivity index (χ2v) is 11.9. The van der Waals surface area contributed by atoms with E-state index in [9.17, 15) is 8.78 Å². The summed E-state index contributed by atoms with van der Waals surface area (Å²) >= 11 is 1.90. The molecule has 2 aromatic heterocycles. The van der Waals surface area contributed by atoms with Crippen molar-refractivity contribution in [2.24, 2.45) is 5.92 Å². The molecule has 216 valence electrons. The molecule has 3 atom stereocenters. The van der Waals surface area contributed by atoms with Gasteiger partial charge in [0.2, 0.25) is 5.95 Å². The molecule has 3 aromatic rings. The van der Waals surface area contributed by atoms with Gasteiger partial charge in [0.15, 0.2) is 0 Å². The number of ether oxygens (including phenoxy) is 1. The van der Waals surface area contributed by atoms with Crippen molar-refractivity contribution in [2.75, 3.05) is 60.0 Å². The molecular weight excluding hydrogens is 534 g/mol. The number of thioether (sulfide) groups is 1. The summed E-state index contributed by atoms with van der Waals surface area (Å²) in [4.78, 5) is 17.4. The number of aliphatic hydroxyl groups excluding tert-OH is 1. The van der Waals surface area contributed by atoms with E-state index < -0.39 is 18.6 Å². The van der Waals surface area contributed by atoms with Gasteiger partial charge in [0.25, 0.3) is 5.92 Å². The van der Waals surface area contributed by atoms with Gasteiger partial charge in [-0.05, 0) is 60.4 Å². The third kappa shape index (κ3) is 5.82. The first-order valence-corrected chi connectivity index (χ1v) is 15.2. The Bertz CT molecular complexity index is 1330. The molecule has 4 heterocycles. The molecule has 0 spiro atoms. The number of piperidine rings is 1. The molecule has 0 amide bonds. The highest BCUT2D eigenvalue weighted by Crippen LogP contribution is 2.40. The lowest BCUT2D eigenvalue weighted by atomic mass is 9.88.